The Hall–Kier alpha value is -5.04. The number of fused-ring (bicyclic) bond motifs is 6. The summed E-state index contributed by atoms with van der Waals surface area (Å²) in [6.07, 6.45) is 3.71. The van der Waals surface area contributed by atoms with Gasteiger partial charge in [-0.1, -0.05) is 71.8 Å². The first-order valence-corrected chi connectivity index (χ1v) is 14.8. The lowest BCUT2D eigenvalue weighted by atomic mass is 10.0. The predicted octanol–water partition coefficient (Wildman–Crippen LogP) is 8.85. The van der Waals surface area contributed by atoms with Crippen LogP contribution >= 0.6 is 23.2 Å². The van der Waals surface area contributed by atoms with E-state index >= 15 is 0 Å². The number of aromatic nitrogens is 2. The molecule has 0 saturated carbocycles. The van der Waals surface area contributed by atoms with Crippen molar-refractivity contribution in [3.05, 3.63) is 132 Å². The van der Waals surface area contributed by atoms with E-state index in [4.69, 9.17) is 23.2 Å². The van der Waals surface area contributed by atoms with Crippen LogP contribution in [0.1, 0.15) is 0 Å². The lowest BCUT2D eigenvalue weighted by Crippen LogP contribution is -2.27. The standard InChI is InChI=1S/C36H26Cl2N4O2/c1-3-17-41-27-11-7-5-9-23(27)25-19-21(13-15-29(25)41)39-33-31(37)36(44)34(32(38)35(33)43)40-22-14-16-30-26(20-22)24-10-6-8-12-28(24)42(30)18-4-2/h3-16,19-20,39-40H,1-2,17-18H2. The number of nitrogens with zero attached hydrogens (tertiary/aromatic N) is 2. The van der Waals surface area contributed by atoms with Gasteiger partial charge in [0.25, 0.3) is 0 Å². The fraction of sp³-hybridized carbons (Fsp3) is 0.0556. The number of nitrogens with one attached hydrogen (secondary N) is 2. The molecule has 2 N–H and O–H groups in total. The maximum absolute atomic E-state index is 13.5. The van der Waals surface area contributed by atoms with Crippen LogP contribution in [0, 0.1) is 0 Å². The van der Waals surface area contributed by atoms with Crippen molar-refractivity contribution in [2.75, 3.05) is 10.6 Å². The SMILES string of the molecule is C=CCn1c2ccccc2c2cc(NC3=C(Cl)C(=O)C(Nc4ccc5c(c4)c4ccccc4n5CC=C)=C(Cl)C3=O)ccc21. The lowest BCUT2D eigenvalue weighted by molar-refractivity contribution is -0.115. The molecule has 8 heteroatoms. The second-order valence-corrected chi connectivity index (χ2v) is 11.3. The minimum atomic E-state index is -0.573. The summed E-state index contributed by atoms with van der Waals surface area (Å²) in [6.45, 7) is 9.09. The molecule has 44 heavy (non-hydrogen) atoms. The van der Waals surface area contributed by atoms with E-state index in [1.165, 1.54) is 0 Å². The van der Waals surface area contributed by atoms with Crippen molar-refractivity contribution in [2.24, 2.45) is 0 Å². The van der Waals surface area contributed by atoms with Gasteiger partial charge in [0, 0.05) is 68.1 Å². The van der Waals surface area contributed by atoms with Gasteiger partial charge in [-0.2, -0.15) is 0 Å². The molecule has 0 atom stereocenters. The number of allylic oxidation sites excluding steroid dienone is 4. The Morgan fingerprint density at radius 2 is 0.955 bits per heavy atom. The molecule has 0 unspecified atom stereocenters. The van der Waals surface area contributed by atoms with Crippen LogP contribution in [0.3, 0.4) is 0 Å². The van der Waals surface area contributed by atoms with Crippen molar-refractivity contribution in [1.82, 2.24) is 9.13 Å². The summed E-state index contributed by atoms with van der Waals surface area (Å²) in [5.41, 5.74) is 5.28. The summed E-state index contributed by atoms with van der Waals surface area (Å²) in [7, 11) is 0. The molecule has 0 bridgehead atoms. The number of carbonyl (C=O) groups is 2. The molecule has 216 valence electrons. The third-order valence-corrected chi connectivity index (χ3v) is 8.72. The van der Waals surface area contributed by atoms with Crippen molar-refractivity contribution in [3.8, 4) is 0 Å². The number of hydrogen-bond acceptors (Lipinski definition) is 4. The minimum Gasteiger partial charge on any atom is -0.351 e. The molecule has 0 fully saturated rings. The van der Waals surface area contributed by atoms with Crippen LogP contribution in [0.2, 0.25) is 0 Å². The molecule has 2 aromatic heterocycles. The molecular formula is C36H26Cl2N4O2. The molecule has 1 aliphatic rings. The van der Waals surface area contributed by atoms with E-state index in [1.807, 2.05) is 72.8 Å². The number of para-hydroxylation sites is 2. The summed E-state index contributed by atoms with van der Waals surface area (Å²) in [4.78, 5) is 27.0. The third kappa shape index (κ3) is 4.34. The van der Waals surface area contributed by atoms with Crippen LogP contribution in [0.5, 0.6) is 0 Å². The summed E-state index contributed by atoms with van der Waals surface area (Å²) in [5, 5.41) is 9.79. The van der Waals surface area contributed by atoms with E-state index in [9.17, 15) is 9.59 Å². The number of carbonyl (C=O) groups excluding carboxylic acids is 2. The number of anilines is 2. The Morgan fingerprint density at radius 3 is 1.36 bits per heavy atom. The number of benzene rings is 4. The molecule has 0 saturated heterocycles. The van der Waals surface area contributed by atoms with Gasteiger partial charge in [0.2, 0.25) is 11.6 Å². The van der Waals surface area contributed by atoms with Gasteiger partial charge in [0.05, 0.1) is 0 Å². The van der Waals surface area contributed by atoms with E-state index in [1.54, 1.807) is 0 Å². The normalized spacial score (nSPS) is 14.0. The van der Waals surface area contributed by atoms with Crippen LogP contribution in [-0.4, -0.2) is 20.7 Å². The fourth-order valence-electron chi connectivity index (χ4n) is 6.07. The average Bonchev–Trinajstić information content (AvgIpc) is 3.53. The molecule has 7 rings (SSSR count). The first-order chi connectivity index (χ1) is 21.4. The molecule has 2 heterocycles. The summed E-state index contributed by atoms with van der Waals surface area (Å²) >= 11 is 13.1. The van der Waals surface area contributed by atoms with Gasteiger partial charge >= 0.3 is 0 Å². The molecule has 0 amide bonds. The fourth-order valence-corrected chi connectivity index (χ4v) is 6.53. The Kier molecular flexibility index (Phi) is 6.88. The molecule has 0 spiro atoms. The maximum atomic E-state index is 13.5. The van der Waals surface area contributed by atoms with E-state index in [0.717, 1.165) is 43.6 Å². The van der Waals surface area contributed by atoms with Crippen LogP contribution in [0.4, 0.5) is 11.4 Å². The van der Waals surface area contributed by atoms with Crippen molar-refractivity contribution >= 4 is 89.8 Å². The number of hydrogen-bond donors (Lipinski definition) is 2. The second kappa shape index (κ2) is 10.9. The van der Waals surface area contributed by atoms with Gasteiger partial charge in [0.1, 0.15) is 21.5 Å². The minimum absolute atomic E-state index is 0.0654. The van der Waals surface area contributed by atoms with Gasteiger partial charge in [-0.05, 0) is 48.5 Å². The first-order valence-electron chi connectivity index (χ1n) is 14.1. The maximum Gasteiger partial charge on any atom is 0.224 e. The third-order valence-electron chi connectivity index (χ3n) is 8.00. The van der Waals surface area contributed by atoms with Gasteiger partial charge < -0.3 is 19.8 Å². The Morgan fingerprint density at radius 1 is 0.568 bits per heavy atom. The molecule has 0 radical (unpaired) electrons. The van der Waals surface area contributed by atoms with Crippen molar-refractivity contribution in [2.45, 2.75) is 13.1 Å². The summed E-state index contributed by atoms with van der Waals surface area (Å²) in [6, 6.07) is 27.7. The lowest BCUT2D eigenvalue weighted by Gasteiger charge is -2.20. The number of halogens is 2. The first kappa shape index (κ1) is 27.8. The smallest absolute Gasteiger partial charge is 0.224 e. The number of rotatable bonds is 8. The summed E-state index contributed by atoms with van der Waals surface area (Å²) in [5.74, 6) is -1.15. The zero-order valence-corrected chi connectivity index (χ0v) is 25.0. The topological polar surface area (TPSA) is 68.1 Å². The van der Waals surface area contributed by atoms with E-state index in [0.29, 0.717) is 24.5 Å². The van der Waals surface area contributed by atoms with Gasteiger partial charge in [-0.3, -0.25) is 9.59 Å². The molecule has 6 aromatic rings. The molecule has 0 aliphatic heterocycles. The van der Waals surface area contributed by atoms with Crippen molar-refractivity contribution in [3.63, 3.8) is 0 Å². The highest BCUT2D eigenvalue weighted by molar-refractivity contribution is 6.56. The number of Topliss-reactive ketones (excluding diaryl/α,β-unsaturated/α-hetero) is 2. The van der Waals surface area contributed by atoms with Gasteiger partial charge in [0.15, 0.2) is 0 Å². The Bertz CT molecular complexity index is 2120. The molecule has 1 aliphatic carbocycles. The quantitative estimate of drug-likeness (QED) is 0.132. The van der Waals surface area contributed by atoms with Crippen molar-refractivity contribution < 1.29 is 9.59 Å². The van der Waals surface area contributed by atoms with Crippen LogP contribution in [0.15, 0.2) is 132 Å². The average molecular weight is 618 g/mol. The van der Waals surface area contributed by atoms with Gasteiger partial charge in [-0.25, -0.2) is 0 Å². The Labute approximate surface area is 263 Å². The van der Waals surface area contributed by atoms with E-state index in [2.05, 4.69) is 57.2 Å². The predicted molar refractivity (Wildman–Crippen MR) is 182 cm³/mol. The highest BCUT2D eigenvalue weighted by atomic mass is 35.5. The molecule has 6 nitrogen and oxygen atoms in total. The molecule has 4 aromatic carbocycles. The van der Waals surface area contributed by atoms with Crippen LogP contribution in [0.25, 0.3) is 43.6 Å². The summed E-state index contributed by atoms with van der Waals surface area (Å²) < 4.78 is 4.35. The zero-order valence-electron chi connectivity index (χ0n) is 23.5. The van der Waals surface area contributed by atoms with Crippen LogP contribution in [-0.2, 0) is 22.7 Å². The van der Waals surface area contributed by atoms with Gasteiger partial charge in [-0.15, -0.1) is 13.2 Å². The second-order valence-electron chi connectivity index (χ2n) is 10.6. The highest BCUT2D eigenvalue weighted by Gasteiger charge is 2.34. The highest BCUT2D eigenvalue weighted by Crippen LogP contribution is 2.36. The number of ketones is 2. The monoisotopic (exact) mass is 616 g/mol. The van der Waals surface area contributed by atoms with Crippen molar-refractivity contribution in [1.29, 1.82) is 0 Å². The van der Waals surface area contributed by atoms with E-state index in [-0.39, 0.29) is 21.5 Å². The zero-order chi connectivity index (χ0) is 30.5. The van der Waals surface area contributed by atoms with E-state index < -0.39 is 11.6 Å². The Balaban J connectivity index is 1.21. The molecular weight excluding hydrogens is 591 g/mol. The largest absolute Gasteiger partial charge is 0.351 e. The van der Waals surface area contributed by atoms with Crippen LogP contribution < -0.4 is 10.6 Å².